The van der Waals surface area contributed by atoms with Gasteiger partial charge in [0.05, 0.1) is 12.2 Å². The zero-order valence-electron chi connectivity index (χ0n) is 11.1. The van der Waals surface area contributed by atoms with Crippen LogP contribution in [0, 0.1) is 5.92 Å². The molecule has 2 heterocycles. The van der Waals surface area contributed by atoms with E-state index < -0.39 is 0 Å². The molecule has 0 bridgehead atoms. The summed E-state index contributed by atoms with van der Waals surface area (Å²) >= 11 is 0. The molecule has 0 radical (unpaired) electrons. The summed E-state index contributed by atoms with van der Waals surface area (Å²) < 4.78 is 7.21. The fourth-order valence-electron chi connectivity index (χ4n) is 1.76. The zero-order valence-corrected chi connectivity index (χ0v) is 11.1. The Bertz CT molecular complexity index is 501. The molecule has 0 aliphatic carbocycles. The highest BCUT2D eigenvalue weighted by atomic mass is 16.5. The van der Waals surface area contributed by atoms with Crippen LogP contribution in [0.1, 0.15) is 39.0 Å². The second-order valence-corrected chi connectivity index (χ2v) is 4.88. The van der Waals surface area contributed by atoms with E-state index in [-0.39, 0.29) is 6.04 Å². The van der Waals surface area contributed by atoms with Gasteiger partial charge in [0.25, 0.3) is 0 Å². The summed E-state index contributed by atoms with van der Waals surface area (Å²) in [6.07, 6.45) is 4.84. The van der Waals surface area contributed by atoms with Gasteiger partial charge in [-0.2, -0.15) is 5.10 Å². The van der Waals surface area contributed by atoms with Crippen LogP contribution in [0.25, 0.3) is 11.3 Å². The number of aryl methyl sites for hydroxylation is 1. The van der Waals surface area contributed by atoms with Gasteiger partial charge in [-0.05, 0) is 12.3 Å². The topological polar surface area (TPSA) is 69.9 Å². The first kappa shape index (κ1) is 12.8. The van der Waals surface area contributed by atoms with E-state index in [0.29, 0.717) is 5.92 Å². The van der Waals surface area contributed by atoms with Crippen LogP contribution in [-0.2, 0) is 6.54 Å². The summed E-state index contributed by atoms with van der Waals surface area (Å²) in [7, 11) is 0. The highest BCUT2D eigenvalue weighted by Gasteiger charge is 2.17. The molecule has 0 saturated carbocycles. The average Bonchev–Trinajstić information content (AvgIpc) is 2.96. The number of nitrogens with two attached hydrogens (primary N) is 1. The molecule has 2 aromatic rings. The van der Waals surface area contributed by atoms with Crippen LogP contribution in [0.2, 0.25) is 0 Å². The number of hydrogen-bond acceptors (Lipinski definition) is 4. The number of aromatic nitrogens is 3. The van der Waals surface area contributed by atoms with E-state index in [1.807, 2.05) is 16.9 Å². The Balaban J connectivity index is 2.18. The third kappa shape index (κ3) is 2.61. The van der Waals surface area contributed by atoms with Crippen molar-refractivity contribution in [3.05, 3.63) is 24.2 Å². The van der Waals surface area contributed by atoms with Gasteiger partial charge < -0.3 is 10.3 Å². The lowest BCUT2D eigenvalue weighted by Crippen LogP contribution is -2.15. The number of hydrogen-bond donors (Lipinski definition) is 1. The van der Waals surface area contributed by atoms with Crippen molar-refractivity contribution in [3.8, 4) is 11.3 Å². The minimum Gasteiger partial charge on any atom is -0.359 e. The van der Waals surface area contributed by atoms with Gasteiger partial charge in [-0.3, -0.25) is 4.68 Å². The van der Waals surface area contributed by atoms with Gasteiger partial charge in [-0.15, -0.1) is 0 Å². The van der Waals surface area contributed by atoms with Crippen molar-refractivity contribution in [2.75, 3.05) is 0 Å². The smallest absolute Gasteiger partial charge is 0.154 e. The Morgan fingerprint density at radius 2 is 2.22 bits per heavy atom. The van der Waals surface area contributed by atoms with Gasteiger partial charge >= 0.3 is 0 Å². The largest absolute Gasteiger partial charge is 0.359 e. The van der Waals surface area contributed by atoms with Crippen LogP contribution in [0.5, 0.6) is 0 Å². The highest BCUT2D eigenvalue weighted by molar-refractivity contribution is 5.56. The molecule has 0 fully saturated rings. The zero-order chi connectivity index (χ0) is 13.1. The SMILES string of the molecule is CCCn1cc(-c2cc(C(N)C(C)C)on2)cn1. The van der Waals surface area contributed by atoms with Crippen LogP contribution < -0.4 is 5.73 Å². The van der Waals surface area contributed by atoms with E-state index in [1.165, 1.54) is 0 Å². The van der Waals surface area contributed by atoms with Crippen LogP contribution in [0.4, 0.5) is 0 Å². The Morgan fingerprint density at radius 1 is 1.44 bits per heavy atom. The molecule has 2 rings (SSSR count). The molecule has 0 amide bonds. The molecule has 18 heavy (non-hydrogen) atoms. The van der Waals surface area contributed by atoms with Gasteiger partial charge in [0.2, 0.25) is 0 Å². The summed E-state index contributed by atoms with van der Waals surface area (Å²) in [5.41, 5.74) is 7.79. The maximum absolute atomic E-state index is 6.03. The van der Waals surface area contributed by atoms with Crippen molar-refractivity contribution >= 4 is 0 Å². The second-order valence-electron chi connectivity index (χ2n) is 4.88. The molecule has 5 nitrogen and oxygen atoms in total. The first-order valence-electron chi connectivity index (χ1n) is 6.36. The van der Waals surface area contributed by atoms with Gasteiger partial charge in [0.1, 0.15) is 5.69 Å². The van der Waals surface area contributed by atoms with Crippen molar-refractivity contribution in [1.29, 1.82) is 0 Å². The molecule has 0 aliphatic rings. The molecule has 0 saturated heterocycles. The summed E-state index contributed by atoms with van der Waals surface area (Å²) in [5.74, 6) is 1.05. The van der Waals surface area contributed by atoms with E-state index in [2.05, 4.69) is 31.0 Å². The molecule has 98 valence electrons. The molecule has 2 aromatic heterocycles. The van der Waals surface area contributed by atoms with E-state index in [0.717, 1.165) is 30.0 Å². The predicted octanol–water partition coefficient (Wildman–Crippen LogP) is 2.60. The lowest BCUT2D eigenvalue weighted by Gasteiger charge is -2.10. The molecule has 0 spiro atoms. The molecule has 0 aliphatic heterocycles. The molecule has 0 aromatic carbocycles. The molecular weight excluding hydrogens is 228 g/mol. The Hall–Kier alpha value is -1.62. The first-order valence-corrected chi connectivity index (χ1v) is 6.36. The first-order chi connectivity index (χ1) is 8.61. The molecular formula is C13H20N4O. The van der Waals surface area contributed by atoms with E-state index in [4.69, 9.17) is 10.3 Å². The Labute approximate surface area is 107 Å². The standard InChI is InChI=1S/C13H20N4O/c1-4-5-17-8-10(7-15-17)11-6-12(18-16-11)13(14)9(2)3/h6-9,13H,4-5,14H2,1-3H3. The van der Waals surface area contributed by atoms with E-state index in [9.17, 15) is 0 Å². The third-order valence-electron chi connectivity index (χ3n) is 2.96. The average molecular weight is 248 g/mol. The fourth-order valence-corrected chi connectivity index (χ4v) is 1.76. The maximum Gasteiger partial charge on any atom is 0.154 e. The van der Waals surface area contributed by atoms with Gasteiger partial charge in [-0.1, -0.05) is 25.9 Å². The molecule has 1 atom stereocenters. The lowest BCUT2D eigenvalue weighted by atomic mass is 10.0. The van der Waals surface area contributed by atoms with Crippen molar-refractivity contribution in [2.24, 2.45) is 11.7 Å². The maximum atomic E-state index is 6.03. The molecule has 5 heteroatoms. The molecule has 2 N–H and O–H groups in total. The molecule has 1 unspecified atom stereocenters. The monoisotopic (exact) mass is 248 g/mol. The quantitative estimate of drug-likeness (QED) is 0.883. The normalized spacial score (nSPS) is 13.2. The van der Waals surface area contributed by atoms with E-state index >= 15 is 0 Å². The third-order valence-corrected chi connectivity index (χ3v) is 2.96. The second kappa shape index (κ2) is 5.35. The summed E-state index contributed by atoms with van der Waals surface area (Å²) in [5, 5.41) is 8.33. The van der Waals surface area contributed by atoms with Gasteiger partial charge in [0.15, 0.2) is 5.76 Å². The number of nitrogens with zero attached hydrogens (tertiary/aromatic N) is 3. The van der Waals surface area contributed by atoms with Crippen LogP contribution in [0.3, 0.4) is 0 Å². The highest BCUT2D eigenvalue weighted by Crippen LogP contribution is 2.24. The van der Waals surface area contributed by atoms with Crippen LogP contribution in [0.15, 0.2) is 23.0 Å². The van der Waals surface area contributed by atoms with Crippen molar-refractivity contribution in [2.45, 2.75) is 39.8 Å². The van der Waals surface area contributed by atoms with Crippen molar-refractivity contribution < 1.29 is 4.52 Å². The van der Waals surface area contributed by atoms with Gasteiger partial charge in [0, 0.05) is 24.4 Å². The van der Waals surface area contributed by atoms with E-state index in [1.54, 1.807) is 6.20 Å². The Kier molecular flexibility index (Phi) is 3.81. The van der Waals surface area contributed by atoms with Crippen LogP contribution in [-0.4, -0.2) is 14.9 Å². The summed E-state index contributed by atoms with van der Waals surface area (Å²) in [4.78, 5) is 0. The van der Waals surface area contributed by atoms with Crippen LogP contribution >= 0.6 is 0 Å². The lowest BCUT2D eigenvalue weighted by molar-refractivity contribution is 0.333. The summed E-state index contributed by atoms with van der Waals surface area (Å²) in [6.45, 7) is 7.16. The minimum atomic E-state index is -0.114. The minimum absolute atomic E-state index is 0.114. The fraction of sp³-hybridized carbons (Fsp3) is 0.538. The Morgan fingerprint density at radius 3 is 2.89 bits per heavy atom. The predicted molar refractivity (Wildman–Crippen MR) is 69.8 cm³/mol. The summed E-state index contributed by atoms with van der Waals surface area (Å²) in [6, 6.07) is 1.79. The number of rotatable bonds is 5. The van der Waals surface area contributed by atoms with Gasteiger partial charge in [-0.25, -0.2) is 0 Å². The van der Waals surface area contributed by atoms with Crippen molar-refractivity contribution in [3.63, 3.8) is 0 Å². The van der Waals surface area contributed by atoms with Crippen molar-refractivity contribution in [1.82, 2.24) is 14.9 Å².